The van der Waals surface area contributed by atoms with E-state index in [0.29, 0.717) is 18.7 Å². The number of aryl methyl sites for hydroxylation is 2. The third-order valence-corrected chi connectivity index (χ3v) is 6.30. The third-order valence-electron chi connectivity index (χ3n) is 6.30. The standard InChI is InChI=1S/C27H31NO4/c1-3-15-28-24(19-11-13-22(14-12-19)32-16-4-2)23(26(30)27(28)31)25(29)21-10-9-18-7-5-6-8-20(18)17-21/h9-14,17,24,29H,3-8,15-16H2,1-2H3/b25-23-. The second kappa shape index (κ2) is 9.60. The average Bonchev–Trinajstić information content (AvgIpc) is 3.07. The predicted molar refractivity (Wildman–Crippen MR) is 125 cm³/mol. The van der Waals surface area contributed by atoms with E-state index in [4.69, 9.17) is 4.74 Å². The summed E-state index contributed by atoms with van der Waals surface area (Å²) < 4.78 is 5.68. The number of aliphatic hydroxyl groups excluding tert-OH is 1. The Morgan fingerprint density at radius 3 is 2.41 bits per heavy atom. The van der Waals surface area contributed by atoms with Gasteiger partial charge in [-0.05, 0) is 73.4 Å². The Hall–Kier alpha value is -3.08. The summed E-state index contributed by atoms with van der Waals surface area (Å²) in [6.07, 6.45) is 5.97. The van der Waals surface area contributed by atoms with Gasteiger partial charge in [0.15, 0.2) is 0 Å². The molecule has 0 spiro atoms. The van der Waals surface area contributed by atoms with Crippen LogP contribution in [0, 0.1) is 0 Å². The Morgan fingerprint density at radius 2 is 1.72 bits per heavy atom. The fourth-order valence-corrected chi connectivity index (χ4v) is 4.70. The number of Topliss-reactive ketones (excluding diaryl/α,β-unsaturated/α-hetero) is 1. The average molecular weight is 434 g/mol. The Balaban J connectivity index is 1.77. The highest BCUT2D eigenvalue weighted by Crippen LogP contribution is 2.40. The van der Waals surface area contributed by atoms with E-state index < -0.39 is 17.7 Å². The van der Waals surface area contributed by atoms with Gasteiger partial charge in [-0.2, -0.15) is 0 Å². The van der Waals surface area contributed by atoms with Crippen molar-refractivity contribution in [3.8, 4) is 5.75 Å². The van der Waals surface area contributed by atoms with Crippen LogP contribution in [0.5, 0.6) is 5.75 Å². The maximum Gasteiger partial charge on any atom is 0.295 e. The van der Waals surface area contributed by atoms with Crippen LogP contribution in [0.25, 0.3) is 5.76 Å². The van der Waals surface area contributed by atoms with Crippen LogP contribution in [-0.2, 0) is 22.4 Å². The molecule has 0 bridgehead atoms. The van der Waals surface area contributed by atoms with Crippen LogP contribution >= 0.6 is 0 Å². The smallest absolute Gasteiger partial charge is 0.295 e. The van der Waals surface area contributed by atoms with Gasteiger partial charge in [0.1, 0.15) is 11.5 Å². The van der Waals surface area contributed by atoms with Crippen LogP contribution < -0.4 is 4.74 Å². The number of rotatable bonds is 7. The maximum atomic E-state index is 13.1. The second-order valence-electron chi connectivity index (χ2n) is 8.60. The van der Waals surface area contributed by atoms with Crippen LogP contribution in [0.3, 0.4) is 0 Å². The van der Waals surface area contributed by atoms with Crippen LogP contribution in [0.4, 0.5) is 0 Å². The summed E-state index contributed by atoms with van der Waals surface area (Å²) in [5.74, 6) is -0.517. The van der Waals surface area contributed by atoms with Crippen molar-refractivity contribution in [3.05, 3.63) is 70.3 Å². The molecule has 1 N–H and O–H groups in total. The zero-order valence-electron chi connectivity index (χ0n) is 18.9. The van der Waals surface area contributed by atoms with Gasteiger partial charge in [0.05, 0.1) is 18.2 Å². The summed E-state index contributed by atoms with van der Waals surface area (Å²) in [7, 11) is 0. The molecule has 2 aliphatic rings. The molecule has 2 aromatic carbocycles. The van der Waals surface area contributed by atoms with E-state index in [1.54, 1.807) is 4.90 Å². The summed E-state index contributed by atoms with van der Waals surface area (Å²) in [5, 5.41) is 11.3. The van der Waals surface area contributed by atoms with E-state index in [-0.39, 0.29) is 11.3 Å². The number of likely N-dealkylation sites (tertiary alicyclic amines) is 1. The number of nitrogens with zero attached hydrogens (tertiary/aromatic N) is 1. The zero-order valence-corrected chi connectivity index (χ0v) is 18.9. The first-order valence-electron chi connectivity index (χ1n) is 11.7. The molecule has 1 unspecified atom stereocenters. The molecule has 1 atom stereocenters. The predicted octanol–water partition coefficient (Wildman–Crippen LogP) is 5.19. The van der Waals surface area contributed by atoms with Crippen molar-refractivity contribution in [3.63, 3.8) is 0 Å². The van der Waals surface area contributed by atoms with E-state index in [0.717, 1.165) is 43.4 Å². The highest BCUT2D eigenvalue weighted by molar-refractivity contribution is 6.46. The van der Waals surface area contributed by atoms with E-state index in [1.807, 2.05) is 56.3 Å². The van der Waals surface area contributed by atoms with Gasteiger partial charge in [-0.3, -0.25) is 9.59 Å². The molecule has 5 nitrogen and oxygen atoms in total. The lowest BCUT2D eigenvalue weighted by atomic mass is 9.88. The number of ketones is 1. The number of ether oxygens (including phenoxy) is 1. The molecule has 5 heteroatoms. The van der Waals surface area contributed by atoms with E-state index in [1.165, 1.54) is 17.5 Å². The Labute approximate surface area is 189 Å². The van der Waals surface area contributed by atoms with E-state index in [2.05, 4.69) is 0 Å². The summed E-state index contributed by atoms with van der Waals surface area (Å²) in [6.45, 7) is 5.10. The monoisotopic (exact) mass is 433 g/mol. The normalized spacial score (nSPS) is 19.8. The highest BCUT2D eigenvalue weighted by atomic mass is 16.5. The van der Waals surface area contributed by atoms with Crippen molar-refractivity contribution in [1.82, 2.24) is 4.90 Å². The fourth-order valence-electron chi connectivity index (χ4n) is 4.70. The molecule has 168 valence electrons. The molecule has 1 fully saturated rings. The number of hydrogen-bond donors (Lipinski definition) is 1. The van der Waals surface area contributed by atoms with E-state index in [9.17, 15) is 14.7 Å². The van der Waals surface area contributed by atoms with Crippen molar-refractivity contribution >= 4 is 17.4 Å². The molecule has 0 aromatic heterocycles. The largest absolute Gasteiger partial charge is 0.507 e. The van der Waals surface area contributed by atoms with Gasteiger partial charge in [0, 0.05) is 12.1 Å². The zero-order chi connectivity index (χ0) is 22.7. The molecule has 0 radical (unpaired) electrons. The highest BCUT2D eigenvalue weighted by Gasteiger charge is 2.45. The minimum absolute atomic E-state index is 0.0911. The Bertz CT molecular complexity index is 1040. The van der Waals surface area contributed by atoms with Gasteiger partial charge in [-0.15, -0.1) is 0 Å². The first-order chi connectivity index (χ1) is 15.5. The quantitative estimate of drug-likeness (QED) is 0.371. The minimum atomic E-state index is -0.620. The number of aliphatic hydroxyl groups is 1. The molecule has 4 rings (SSSR count). The van der Waals surface area contributed by atoms with Gasteiger partial charge in [0.25, 0.3) is 11.7 Å². The molecule has 1 aliphatic heterocycles. The van der Waals surface area contributed by atoms with Gasteiger partial charge in [0.2, 0.25) is 0 Å². The van der Waals surface area contributed by atoms with Crippen LogP contribution in [-0.4, -0.2) is 34.8 Å². The molecular formula is C27H31NO4. The maximum absolute atomic E-state index is 13.1. The lowest BCUT2D eigenvalue weighted by molar-refractivity contribution is -0.139. The third kappa shape index (κ3) is 4.16. The lowest BCUT2D eigenvalue weighted by Crippen LogP contribution is -2.30. The lowest BCUT2D eigenvalue weighted by Gasteiger charge is -2.25. The number of benzene rings is 2. The molecule has 1 heterocycles. The number of carbonyl (C=O) groups excluding carboxylic acids is 2. The van der Waals surface area contributed by atoms with Crippen molar-refractivity contribution in [2.75, 3.05) is 13.2 Å². The van der Waals surface area contributed by atoms with Crippen LogP contribution in [0.15, 0.2) is 48.0 Å². The molecule has 32 heavy (non-hydrogen) atoms. The van der Waals surface area contributed by atoms with Gasteiger partial charge in [-0.1, -0.05) is 38.1 Å². The van der Waals surface area contributed by atoms with Crippen LogP contribution in [0.1, 0.15) is 67.8 Å². The minimum Gasteiger partial charge on any atom is -0.507 e. The number of amides is 1. The fraction of sp³-hybridized carbons (Fsp3) is 0.407. The number of fused-ring (bicyclic) bond motifs is 1. The molecular weight excluding hydrogens is 402 g/mol. The Kier molecular flexibility index (Phi) is 6.63. The van der Waals surface area contributed by atoms with Gasteiger partial charge >= 0.3 is 0 Å². The second-order valence-corrected chi connectivity index (χ2v) is 8.60. The van der Waals surface area contributed by atoms with Gasteiger partial charge in [-0.25, -0.2) is 0 Å². The molecule has 2 aromatic rings. The first kappa shape index (κ1) is 22.1. The SMILES string of the molecule is CCCOc1ccc(C2/C(=C(/O)c3ccc4c(c3)CCCC4)C(=O)C(=O)N2CCC)cc1. The first-order valence-corrected chi connectivity index (χ1v) is 11.7. The summed E-state index contributed by atoms with van der Waals surface area (Å²) in [6, 6.07) is 12.8. The topological polar surface area (TPSA) is 66.8 Å². The summed E-state index contributed by atoms with van der Waals surface area (Å²) in [4.78, 5) is 27.5. The van der Waals surface area contributed by atoms with Crippen molar-refractivity contribution in [2.45, 2.75) is 58.4 Å². The molecule has 1 saturated heterocycles. The van der Waals surface area contributed by atoms with Crippen molar-refractivity contribution < 1.29 is 19.4 Å². The number of hydrogen-bond acceptors (Lipinski definition) is 4. The van der Waals surface area contributed by atoms with Crippen molar-refractivity contribution in [1.29, 1.82) is 0 Å². The van der Waals surface area contributed by atoms with E-state index >= 15 is 0 Å². The molecule has 1 aliphatic carbocycles. The summed E-state index contributed by atoms with van der Waals surface area (Å²) in [5.41, 5.74) is 4.09. The Morgan fingerprint density at radius 1 is 1.00 bits per heavy atom. The number of carbonyl (C=O) groups is 2. The van der Waals surface area contributed by atoms with Crippen molar-refractivity contribution in [2.24, 2.45) is 0 Å². The molecule has 1 amide bonds. The van der Waals surface area contributed by atoms with Crippen LogP contribution in [0.2, 0.25) is 0 Å². The summed E-state index contributed by atoms with van der Waals surface area (Å²) >= 11 is 0. The van der Waals surface area contributed by atoms with Gasteiger partial charge < -0.3 is 14.7 Å². The molecule has 0 saturated carbocycles.